The van der Waals surface area contributed by atoms with Gasteiger partial charge in [-0.05, 0) is 0 Å². The molecule has 0 amide bonds. The van der Waals surface area contributed by atoms with Crippen LogP contribution in [0.3, 0.4) is 0 Å². The van der Waals surface area contributed by atoms with Crippen LogP contribution in [-0.4, -0.2) is 26.7 Å². The molecule has 3 nitrogen and oxygen atoms in total. The minimum absolute atomic E-state index is 2.17. The minimum Gasteiger partial charge on any atom is -0.221 e. The standard InChI is InChI=1S/C3H2F6O3S/c4-1(5)2(6)13(10,11)12-3(7,8)9/h1-2H. The molecule has 0 fully saturated rings. The van der Waals surface area contributed by atoms with Gasteiger partial charge in [-0.3, -0.25) is 0 Å². The third-order valence-corrected chi connectivity index (χ3v) is 1.86. The molecule has 0 spiro atoms. The van der Waals surface area contributed by atoms with Crippen molar-refractivity contribution in [3.8, 4) is 0 Å². The van der Waals surface area contributed by atoms with Gasteiger partial charge in [0.05, 0.1) is 0 Å². The lowest BCUT2D eigenvalue weighted by molar-refractivity contribution is -0.273. The highest BCUT2D eigenvalue weighted by atomic mass is 32.2. The quantitative estimate of drug-likeness (QED) is 0.545. The first-order valence-electron chi connectivity index (χ1n) is 2.49. The van der Waals surface area contributed by atoms with Gasteiger partial charge in [0.1, 0.15) is 0 Å². The van der Waals surface area contributed by atoms with Gasteiger partial charge in [0.2, 0.25) is 0 Å². The van der Waals surface area contributed by atoms with E-state index >= 15 is 0 Å². The van der Waals surface area contributed by atoms with Crippen LogP contribution < -0.4 is 0 Å². The van der Waals surface area contributed by atoms with Crippen molar-refractivity contribution in [2.45, 2.75) is 18.3 Å². The summed E-state index contributed by atoms with van der Waals surface area (Å²) < 4.78 is 90.1. The van der Waals surface area contributed by atoms with E-state index in [1.165, 1.54) is 0 Å². The van der Waals surface area contributed by atoms with Crippen LogP contribution >= 0.6 is 0 Å². The summed E-state index contributed by atoms with van der Waals surface area (Å²) >= 11 is 0. The third-order valence-electron chi connectivity index (χ3n) is 0.685. The Morgan fingerprint density at radius 3 is 1.69 bits per heavy atom. The Kier molecular flexibility index (Phi) is 3.55. The molecule has 1 atom stereocenters. The van der Waals surface area contributed by atoms with E-state index in [0.717, 1.165) is 0 Å². The van der Waals surface area contributed by atoms with Crippen molar-refractivity contribution in [3.63, 3.8) is 0 Å². The molecule has 0 aromatic carbocycles. The fourth-order valence-corrected chi connectivity index (χ4v) is 0.911. The molecule has 10 heteroatoms. The normalized spacial score (nSPS) is 16.2. The molecular formula is C3H2F6O3S. The molecule has 0 bridgehead atoms. The molecule has 0 radical (unpaired) electrons. The first kappa shape index (κ1) is 12.5. The van der Waals surface area contributed by atoms with Crippen LogP contribution in [-0.2, 0) is 14.3 Å². The fourth-order valence-electron chi connectivity index (χ4n) is 0.304. The topological polar surface area (TPSA) is 43.4 Å². The monoisotopic (exact) mass is 232 g/mol. The van der Waals surface area contributed by atoms with Crippen molar-refractivity contribution < 1.29 is 38.9 Å². The van der Waals surface area contributed by atoms with Crippen molar-refractivity contribution in [1.82, 2.24) is 0 Å². The number of halogens is 6. The maximum absolute atomic E-state index is 11.9. The average Bonchev–Trinajstić information content (AvgIpc) is 1.80. The van der Waals surface area contributed by atoms with Crippen LogP contribution in [0.4, 0.5) is 26.3 Å². The predicted octanol–water partition coefficient (Wildman–Crippen LogP) is 1.41. The zero-order chi connectivity index (χ0) is 10.9. The largest absolute Gasteiger partial charge is 0.537 e. The van der Waals surface area contributed by atoms with Gasteiger partial charge in [-0.1, -0.05) is 0 Å². The molecule has 0 aromatic heterocycles. The van der Waals surface area contributed by atoms with Crippen LogP contribution in [0.25, 0.3) is 0 Å². The first-order chi connectivity index (χ1) is 5.56. The van der Waals surface area contributed by atoms with Crippen LogP contribution in [0.15, 0.2) is 0 Å². The lowest BCUT2D eigenvalue weighted by Crippen LogP contribution is -2.31. The summed E-state index contributed by atoms with van der Waals surface area (Å²) in [4.78, 5) is 0. The summed E-state index contributed by atoms with van der Waals surface area (Å²) in [5.41, 5.74) is -4.01. The van der Waals surface area contributed by atoms with Gasteiger partial charge in [0.25, 0.3) is 11.9 Å². The third kappa shape index (κ3) is 4.31. The van der Waals surface area contributed by atoms with Crippen molar-refractivity contribution in [3.05, 3.63) is 0 Å². The Balaban J connectivity index is 4.61. The van der Waals surface area contributed by atoms with E-state index in [2.05, 4.69) is 4.18 Å². The molecule has 0 aliphatic heterocycles. The molecule has 0 aromatic rings. The second-order valence-corrected chi connectivity index (χ2v) is 3.31. The molecule has 1 unspecified atom stereocenters. The van der Waals surface area contributed by atoms with E-state index in [9.17, 15) is 34.8 Å². The molecule has 0 saturated heterocycles. The molecule has 0 N–H and O–H groups in total. The lowest BCUT2D eigenvalue weighted by atomic mass is 10.8. The molecule has 80 valence electrons. The number of alkyl halides is 6. The van der Waals surface area contributed by atoms with E-state index in [0.29, 0.717) is 0 Å². The van der Waals surface area contributed by atoms with E-state index < -0.39 is 28.4 Å². The Bertz CT molecular complexity index is 255. The molecule has 13 heavy (non-hydrogen) atoms. The van der Waals surface area contributed by atoms with Crippen LogP contribution in [0.5, 0.6) is 0 Å². The smallest absolute Gasteiger partial charge is 0.221 e. The Morgan fingerprint density at radius 1 is 1.08 bits per heavy atom. The molecule has 0 saturated carbocycles. The van der Waals surface area contributed by atoms with Gasteiger partial charge >= 0.3 is 16.5 Å². The molecule has 0 heterocycles. The van der Waals surface area contributed by atoms with Crippen LogP contribution in [0, 0.1) is 0 Å². The van der Waals surface area contributed by atoms with Crippen LogP contribution in [0.1, 0.15) is 0 Å². The summed E-state index contributed by atoms with van der Waals surface area (Å²) in [5, 5.41) is 0. The van der Waals surface area contributed by atoms with E-state index in [-0.39, 0.29) is 0 Å². The molecule has 0 rings (SSSR count). The van der Waals surface area contributed by atoms with Crippen molar-refractivity contribution >= 4 is 10.1 Å². The van der Waals surface area contributed by atoms with Gasteiger partial charge in [-0.25, -0.2) is 13.2 Å². The summed E-state index contributed by atoms with van der Waals surface area (Å²) in [6.07, 6.45) is -9.80. The SMILES string of the molecule is O=S(=O)(OC(F)(F)F)C(F)C(F)F. The van der Waals surface area contributed by atoms with Gasteiger partial charge < -0.3 is 0 Å². The summed E-state index contributed by atoms with van der Waals surface area (Å²) in [5.74, 6) is 0. The lowest BCUT2D eigenvalue weighted by Gasteiger charge is -2.10. The van der Waals surface area contributed by atoms with Gasteiger partial charge in [0.15, 0.2) is 0 Å². The number of rotatable bonds is 3. The second kappa shape index (κ2) is 3.70. The molecule has 0 aliphatic carbocycles. The van der Waals surface area contributed by atoms with Crippen molar-refractivity contribution in [2.24, 2.45) is 0 Å². The Hall–Kier alpha value is -0.510. The van der Waals surface area contributed by atoms with Crippen molar-refractivity contribution in [2.75, 3.05) is 0 Å². The Labute approximate surface area is 68.4 Å². The number of hydrogen-bond donors (Lipinski definition) is 0. The maximum Gasteiger partial charge on any atom is 0.537 e. The minimum atomic E-state index is -5.96. The van der Waals surface area contributed by atoms with Gasteiger partial charge in [0, 0.05) is 0 Å². The number of hydrogen-bond acceptors (Lipinski definition) is 3. The summed E-state index contributed by atoms with van der Waals surface area (Å²) in [7, 11) is -5.96. The predicted molar refractivity (Wildman–Crippen MR) is 27.0 cm³/mol. The van der Waals surface area contributed by atoms with Crippen LogP contribution in [0.2, 0.25) is 0 Å². The highest BCUT2D eigenvalue weighted by Gasteiger charge is 2.44. The highest BCUT2D eigenvalue weighted by molar-refractivity contribution is 7.87. The average molecular weight is 232 g/mol. The maximum atomic E-state index is 11.9. The second-order valence-electron chi connectivity index (χ2n) is 1.71. The summed E-state index contributed by atoms with van der Waals surface area (Å²) in [6.45, 7) is 0. The van der Waals surface area contributed by atoms with Gasteiger partial charge in [-0.15, -0.1) is 13.2 Å². The Morgan fingerprint density at radius 2 is 1.46 bits per heavy atom. The zero-order valence-corrected chi connectivity index (χ0v) is 6.37. The van der Waals surface area contributed by atoms with E-state index in [1.54, 1.807) is 0 Å². The molecule has 0 aliphatic rings. The van der Waals surface area contributed by atoms with E-state index in [4.69, 9.17) is 0 Å². The molecular weight excluding hydrogens is 230 g/mol. The zero-order valence-electron chi connectivity index (χ0n) is 5.56. The fraction of sp³-hybridized carbons (Fsp3) is 1.00. The van der Waals surface area contributed by atoms with E-state index in [1.807, 2.05) is 0 Å². The first-order valence-corrected chi connectivity index (χ1v) is 3.97. The highest BCUT2D eigenvalue weighted by Crippen LogP contribution is 2.24. The van der Waals surface area contributed by atoms with Crippen molar-refractivity contribution in [1.29, 1.82) is 0 Å². The summed E-state index contributed by atoms with van der Waals surface area (Å²) in [6, 6.07) is 0. The van der Waals surface area contributed by atoms with Gasteiger partial charge in [-0.2, -0.15) is 12.6 Å².